The van der Waals surface area contributed by atoms with E-state index in [0.29, 0.717) is 10.4 Å². The standard InChI is InChI=1S/C30H49NO2S/c1-7-24(8-2)34-28(32)26-22-30(27-14-10-9-13-25(26)27)17-20-31(21-18-30)19-15-23(3)12-11-16-29(4,5)33-6/h10,14,22-24H,7-9,11-13,15-21H2,1-6H3. The fraction of sp³-hybridized carbons (Fsp3) is 0.767. The summed E-state index contributed by atoms with van der Waals surface area (Å²) in [6.45, 7) is 14.7. The summed E-state index contributed by atoms with van der Waals surface area (Å²) < 4.78 is 5.57. The van der Waals surface area contributed by atoms with Crippen LogP contribution in [-0.2, 0) is 9.53 Å². The molecular formula is C30H49NO2S. The van der Waals surface area contributed by atoms with Gasteiger partial charge in [0.2, 0.25) is 5.12 Å². The first-order chi connectivity index (χ1) is 16.2. The lowest BCUT2D eigenvalue weighted by Gasteiger charge is -2.40. The highest BCUT2D eigenvalue weighted by molar-refractivity contribution is 8.14. The summed E-state index contributed by atoms with van der Waals surface area (Å²) in [7, 11) is 1.82. The summed E-state index contributed by atoms with van der Waals surface area (Å²) in [4.78, 5) is 15.9. The molecule has 3 rings (SSSR count). The Labute approximate surface area is 213 Å². The molecular weight excluding hydrogens is 438 g/mol. The predicted octanol–water partition coefficient (Wildman–Crippen LogP) is 7.73. The Morgan fingerprint density at radius 3 is 2.56 bits per heavy atom. The molecule has 0 radical (unpaired) electrons. The molecule has 0 saturated carbocycles. The van der Waals surface area contributed by atoms with Gasteiger partial charge in [-0.05, 0) is 102 Å². The predicted molar refractivity (Wildman–Crippen MR) is 147 cm³/mol. The lowest BCUT2D eigenvalue weighted by Crippen LogP contribution is -2.40. The Bertz CT molecular complexity index is 782. The fourth-order valence-corrected chi connectivity index (χ4v) is 6.76. The molecule has 0 aromatic heterocycles. The quantitative estimate of drug-likeness (QED) is 0.282. The van der Waals surface area contributed by atoms with Gasteiger partial charge in [0.1, 0.15) is 0 Å². The topological polar surface area (TPSA) is 29.5 Å². The third-order valence-electron chi connectivity index (χ3n) is 8.57. The van der Waals surface area contributed by atoms with Gasteiger partial charge >= 0.3 is 0 Å². The van der Waals surface area contributed by atoms with Gasteiger partial charge in [0.25, 0.3) is 0 Å². The van der Waals surface area contributed by atoms with E-state index >= 15 is 0 Å². The molecule has 0 aromatic rings. The molecule has 1 aliphatic heterocycles. The van der Waals surface area contributed by atoms with Crippen LogP contribution in [0.4, 0.5) is 0 Å². The van der Waals surface area contributed by atoms with Crippen LogP contribution in [-0.4, -0.2) is 47.6 Å². The van der Waals surface area contributed by atoms with Crippen LogP contribution >= 0.6 is 11.8 Å². The number of rotatable bonds is 12. The first kappa shape index (κ1) is 27.7. The van der Waals surface area contributed by atoms with E-state index in [1.165, 1.54) is 37.0 Å². The molecule has 0 bridgehead atoms. The van der Waals surface area contributed by atoms with Gasteiger partial charge in [-0.1, -0.05) is 63.6 Å². The SMILES string of the molecule is CCC(CC)SC(=O)C1=CC2(CCN(CCC(C)CCCC(C)(C)OC)CC2)C2=C1CCC=C2. The molecule has 34 heavy (non-hydrogen) atoms. The maximum atomic E-state index is 13.3. The number of likely N-dealkylation sites (tertiary alicyclic amines) is 1. The van der Waals surface area contributed by atoms with Crippen LogP contribution in [0, 0.1) is 11.3 Å². The summed E-state index contributed by atoms with van der Waals surface area (Å²) >= 11 is 1.58. The van der Waals surface area contributed by atoms with Crippen molar-refractivity contribution < 1.29 is 9.53 Å². The van der Waals surface area contributed by atoms with Crippen LogP contribution < -0.4 is 0 Å². The highest BCUT2D eigenvalue weighted by Crippen LogP contribution is 2.52. The lowest BCUT2D eigenvalue weighted by atomic mass is 9.72. The number of carbonyl (C=O) groups excluding carboxylic acids is 1. The third kappa shape index (κ3) is 6.89. The van der Waals surface area contributed by atoms with Crippen LogP contribution in [0.3, 0.4) is 0 Å². The van der Waals surface area contributed by atoms with Gasteiger partial charge in [-0.15, -0.1) is 0 Å². The smallest absolute Gasteiger partial charge is 0.219 e. The molecule has 1 unspecified atom stereocenters. The molecule has 4 heteroatoms. The summed E-state index contributed by atoms with van der Waals surface area (Å²) in [6, 6.07) is 0. The van der Waals surface area contributed by atoms with E-state index in [-0.39, 0.29) is 11.0 Å². The van der Waals surface area contributed by atoms with Crippen LogP contribution in [0.25, 0.3) is 0 Å². The van der Waals surface area contributed by atoms with Crippen molar-refractivity contribution in [2.75, 3.05) is 26.7 Å². The van der Waals surface area contributed by atoms with Gasteiger partial charge in [0.05, 0.1) is 5.60 Å². The summed E-state index contributed by atoms with van der Waals surface area (Å²) in [5.41, 5.74) is 3.99. The first-order valence-corrected chi connectivity index (χ1v) is 14.7. The highest BCUT2D eigenvalue weighted by Gasteiger charge is 2.43. The molecule has 3 nitrogen and oxygen atoms in total. The first-order valence-electron chi connectivity index (χ1n) is 13.9. The van der Waals surface area contributed by atoms with E-state index in [2.05, 4.69) is 57.7 Å². The van der Waals surface area contributed by atoms with Crippen molar-refractivity contribution >= 4 is 16.9 Å². The minimum atomic E-state index is 0.00352. The summed E-state index contributed by atoms with van der Waals surface area (Å²) in [5, 5.41) is 0.763. The van der Waals surface area contributed by atoms with Gasteiger partial charge < -0.3 is 9.64 Å². The molecule has 1 saturated heterocycles. The summed E-state index contributed by atoms with van der Waals surface area (Å²) in [6.07, 6.45) is 18.6. The van der Waals surface area contributed by atoms with Crippen LogP contribution in [0.2, 0.25) is 0 Å². The second-order valence-corrected chi connectivity index (χ2v) is 12.8. The van der Waals surface area contributed by atoms with Crippen molar-refractivity contribution in [3.8, 4) is 0 Å². The van der Waals surface area contributed by atoms with Crippen LogP contribution in [0.1, 0.15) is 98.8 Å². The molecule has 1 spiro atoms. The average molecular weight is 488 g/mol. The van der Waals surface area contributed by atoms with Crippen LogP contribution in [0.15, 0.2) is 34.9 Å². The van der Waals surface area contributed by atoms with Gasteiger partial charge in [0, 0.05) is 23.3 Å². The van der Waals surface area contributed by atoms with Crippen molar-refractivity contribution in [1.82, 2.24) is 4.90 Å². The van der Waals surface area contributed by atoms with Crippen molar-refractivity contribution in [1.29, 1.82) is 0 Å². The number of piperidine rings is 1. The minimum Gasteiger partial charge on any atom is -0.379 e. The Kier molecular flexibility index (Phi) is 10.1. The number of hydrogen-bond donors (Lipinski definition) is 0. The number of fused-ring (bicyclic) bond motifs is 1. The number of hydrogen-bond acceptors (Lipinski definition) is 4. The van der Waals surface area contributed by atoms with Gasteiger partial charge in [0.15, 0.2) is 0 Å². The molecule has 1 fully saturated rings. The molecule has 1 heterocycles. The molecule has 3 aliphatic rings. The second kappa shape index (κ2) is 12.4. The number of allylic oxidation sites excluding steroid dienone is 5. The van der Waals surface area contributed by atoms with E-state index in [0.717, 1.165) is 69.5 Å². The zero-order valence-electron chi connectivity index (χ0n) is 22.8. The lowest BCUT2D eigenvalue weighted by molar-refractivity contribution is -0.107. The maximum absolute atomic E-state index is 13.3. The van der Waals surface area contributed by atoms with E-state index in [9.17, 15) is 4.79 Å². The normalized spacial score (nSPS) is 21.3. The maximum Gasteiger partial charge on any atom is 0.219 e. The zero-order chi connectivity index (χ0) is 24.8. The third-order valence-corrected chi connectivity index (χ3v) is 10.0. The second-order valence-electron chi connectivity index (χ2n) is 11.5. The fourth-order valence-electron chi connectivity index (χ4n) is 5.82. The number of carbonyl (C=O) groups is 1. The molecule has 1 atom stereocenters. The summed E-state index contributed by atoms with van der Waals surface area (Å²) in [5.74, 6) is 0.761. The molecule has 0 N–H and O–H groups in total. The van der Waals surface area contributed by atoms with Crippen molar-refractivity contribution in [3.05, 3.63) is 34.9 Å². The average Bonchev–Trinajstić information content (AvgIpc) is 3.16. The van der Waals surface area contributed by atoms with Crippen LogP contribution in [0.5, 0.6) is 0 Å². The monoisotopic (exact) mass is 487 g/mol. The number of nitrogens with zero attached hydrogens (tertiary/aromatic N) is 1. The number of methoxy groups -OCH3 is 1. The Balaban J connectivity index is 1.55. The molecule has 192 valence electrons. The zero-order valence-corrected chi connectivity index (χ0v) is 23.6. The van der Waals surface area contributed by atoms with Gasteiger partial charge in [-0.25, -0.2) is 0 Å². The number of thioether (sulfide) groups is 1. The van der Waals surface area contributed by atoms with Gasteiger partial charge in [-0.2, -0.15) is 0 Å². The highest BCUT2D eigenvalue weighted by atomic mass is 32.2. The van der Waals surface area contributed by atoms with E-state index < -0.39 is 0 Å². The Morgan fingerprint density at radius 1 is 1.21 bits per heavy atom. The minimum absolute atomic E-state index is 0.00352. The Morgan fingerprint density at radius 2 is 1.91 bits per heavy atom. The van der Waals surface area contributed by atoms with E-state index in [1.807, 2.05) is 7.11 Å². The largest absolute Gasteiger partial charge is 0.379 e. The van der Waals surface area contributed by atoms with Gasteiger partial charge in [-0.3, -0.25) is 4.79 Å². The molecule has 0 aromatic carbocycles. The van der Waals surface area contributed by atoms with Crippen molar-refractivity contribution in [2.24, 2.45) is 11.3 Å². The molecule has 0 amide bonds. The van der Waals surface area contributed by atoms with Crippen molar-refractivity contribution in [2.45, 2.75) is 110 Å². The van der Waals surface area contributed by atoms with E-state index in [1.54, 1.807) is 11.8 Å². The Hall–Kier alpha value is -0.840. The molecule has 2 aliphatic carbocycles. The number of ether oxygens (including phenoxy) is 1. The van der Waals surface area contributed by atoms with E-state index in [4.69, 9.17) is 4.74 Å². The van der Waals surface area contributed by atoms with Crippen molar-refractivity contribution in [3.63, 3.8) is 0 Å².